The van der Waals surface area contributed by atoms with E-state index in [1.165, 1.54) is 17.7 Å². The standard InChI is InChI=1S/C15H16FN5/c1-10-14(11(2)19-18-10)6-7-15-20-17-9-21(15)13-5-3-4-12(16)8-13/h3-5,8-9H,6-7H2,1-2H3,(H,18,19). The van der Waals surface area contributed by atoms with Gasteiger partial charge in [0.1, 0.15) is 18.0 Å². The topological polar surface area (TPSA) is 59.4 Å². The van der Waals surface area contributed by atoms with E-state index in [1.54, 1.807) is 12.4 Å². The molecule has 3 aromatic rings. The highest BCUT2D eigenvalue weighted by atomic mass is 19.1. The summed E-state index contributed by atoms with van der Waals surface area (Å²) in [5.41, 5.74) is 4.01. The molecule has 0 radical (unpaired) electrons. The zero-order valence-electron chi connectivity index (χ0n) is 12.0. The van der Waals surface area contributed by atoms with Gasteiger partial charge in [0.05, 0.1) is 11.4 Å². The highest BCUT2D eigenvalue weighted by molar-refractivity contribution is 5.33. The average Bonchev–Trinajstić information content (AvgIpc) is 3.05. The molecule has 108 valence electrons. The van der Waals surface area contributed by atoms with Gasteiger partial charge in [-0.2, -0.15) is 5.10 Å². The van der Waals surface area contributed by atoms with Gasteiger partial charge in [-0.05, 0) is 44.0 Å². The maximum atomic E-state index is 13.3. The molecular formula is C15H16FN5. The Balaban J connectivity index is 1.83. The van der Waals surface area contributed by atoms with Gasteiger partial charge in [0.25, 0.3) is 0 Å². The van der Waals surface area contributed by atoms with E-state index in [4.69, 9.17) is 0 Å². The molecule has 1 N–H and O–H groups in total. The largest absolute Gasteiger partial charge is 0.286 e. The first-order valence-corrected chi connectivity index (χ1v) is 6.80. The van der Waals surface area contributed by atoms with Crippen molar-refractivity contribution >= 4 is 0 Å². The van der Waals surface area contributed by atoms with Gasteiger partial charge in [-0.1, -0.05) is 6.07 Å². The minimum Gasteiger partial charge on any atom is -0.286 e. The number of nitrogens with one attached hydrogen (secondary N) is 1. The molecule has 0 saturated carbocycles. The SMILES string of the molecule is Cc1n[nH]c(C)c1CCc1nncn1-c1cccc(F)c1. The quantitative estimate of drug-likeness (QED) is 0.801. The lowest BCUT2D eigenvalue weighted by Gasteiger charge is -2.07. The molecular weight excluding hydrogens is 269 g/mol. The van der Waals surface area contributed by atoms with Crippen LogP contribution >= 0.6 is 0 Å². The Morgan fingerprint density at radius 1 is 1.24 bits per heavy atom. The first kappa shape index (κ1) is 13.5. The molecule has 6 heteroatoms. The Morgan fingerprint density at radius 2 is 2.10 bits per heavy atom. The van der Waals surface area contributed by atoms with Crippen LogP contribution in [0, 0.1) is 19.7 Å². The van der Waals surface area contributed by atoms with Crippen molar-refractivity contribution < 1.29 is 4.39 Å². The van der Waals surface area contributed by atoms with E-state index in [2.05, 4.69) is 20.4 Å². The molecule has 2 aromatic heterocycles. The van der Waals surface area contributed by atoms with Gasteiger partial charge in [0, 0.05) is 12.1 Å². The molecule has 2 heterocycles. The number of hydrogen-bond donors (Lipinski definition) is 1. The second-order valence-electron chi connectivity index (χ2n) is 5.01. The maximum absolute atomic E-state index is 13.3. The van der Waals surface area contributed by atoms with Crippen LogP contribution in [0.4, 0.5) is 4.39 Å². The Morgan fingerprint density at radius 3 is 2.81 bits per heavy atom. The molecule has 3 rings (SSSR count). The van der Waals surface area contributed by atoms with Crippen molar-refractivity contribution in [1.29, 1.82) is 0 Å². The van der Waals surface area contributed by atoms with Gasteiger partial charge >= 0.3 is 0 Å². The van der Waals surface area contributed by atoms with Crippen molar-refractivity contribution in [3.63, 3.8) is 0 Å². The summed E-state index contributed by atoms with van der Waals surface area (Å²) in [7, 11) is 0. The van der Waals surface area contributed by atoms with Crippen molar-refractivity contribution in [2.24, 2.45) is 0 Å². The van der Waals surface area contributed by atoms with Crippen molar-refractivity contribution in [1.82, 2.24) is 25.0 Å². The number of H-pyrrole nitrogens is 1. The van der Waals surface area contributed by atoms with E-state index < -0.39 is 0 Å². The van der Waals surface area contributed by atoms with Crippen LogP contribution in [0.2, 0.25) is 0 Å². The third-order valence-electron chi connectivity index (χ3n) is 3.58. The normalized spacial score (nSPS) is 11.0. The molecule has 0 fully saturated rings. The molecule has 0 atom stereocenters. The summed E-state index contributed by atoms with van der Waals surface area (Å²) in [5, 5.41) is 15.3. The number of aromatic amines is 1. The van der Waals surface area contributed by atoms with Crippen LogP contribution in [0.15, 0.2) is 30.6 Å². The fraction of sp³-hybridized carbons (Fsp3) is 0.267. The summed E-state index contributed by atoms with van der Waals surface area (Å²) in [6.45, 7) is 3.99. The lowest BCUT2D eigenvalue weighted by Crippen LogP contribution is -2.03. The van der Waals surface area contributed by atoms with E-state index in [0.717, 1.165) is 35.7 Å². The second kappa shape index (κ2) is 5.47. The van der Waals surface area contributed by atoms with E-state index >= 15 is 0 Å². The van der Waals surface area contributed by atoms with Crippen LogP contribution in [0.3, 0.4) is 0 Å². The first-order chi connectivity index (χ1) is 10.1. The minimum atomic E-state index is -0.270. The predicted molar refractivity (Wildman–Crippen MR) is 76.8 cm³/mol. The first-order valence-electron chi connectivity index (χ1n) is 6.80. The van der Waals surface area contributed by atoms with Crippen molar-refractivity contribution in [2.45, 2.75) is 26.7 Å². The molecule has 0 aliphatic rings. The van der Waals surface area contributed by atoms with Crippen LogP contribution in [-0.2, 0) is 12.8 Å². The van der Waals surface area contributed by atoms with Crippen LogP contribution in [0.5, 0.6) is 0 Å². The summed E-state index contributed by atoms with van der Waals surface area (Å²) in [6.07, 6.45) is 3.15. The van der Waals surface area contributed by atoms with Crippen LogP contribution < -0.4 is 0 Å². The molecule has 0 saturated heterocycles. The summed E-state index contributed by atoms with van der Waals surface area (Å²) in [4.78, 5) is 0. The van der Waals surface area contributed by atoms with Gasteiger partial charge in [-0.3, -0.25) is 9.67 Å². The number of halogens is 1. The monoisotopic (exact) mass is 285 g/mol. The lowest BCUT2D eigenvalue weighted by atomic mass is 10.1. The smallest absolute Gasteiger partial charge is 0.137 e. The van der Waals surface area contributed by atoms with E-state index in [1.807, 2.05) is 24.5 Å². The highest BCUT2D eigenvalue weighted by Crippen LogP contribution is 2.15. The number of hydrogen-bond acceptors (Lipinski definition) is 3. The van der Waals surface area contributed by atoms with Gasteiger partial charge < -0.3 is 0 Å². The molecule has 0 bridgehead atoms. The Bertz CT molecular complexity index is 740. The second-order valence-corrected chi connectivity index (χ2v) is 5.01. The zero-order chi connectivity index (χ0) is 14.8. The molecule has 1 aromatic carbocycles. The average molecular weight is 285 g/mol. The number of aromatic nitrogens is 5. The fourth-order valence-electron chi connectivity index (χ4n) is 2.45. The van der Waals surface area contributed by atoms with Crippen molar-refractivity contribution in [3.05, 3.63) is 59.2 Å². The summed E-state index contributed by atoms with van der Waals surface area (Å²) in [5.74, 6) is 0.536. The van der Waals surface area contributed by atoms with Gasteiger partial charge in [-0.25, -0.2) is 4.39 Å². The molecule has 0 aliphatic heterocycles. The highest BCUT2D eigenvalue weighted by Gasteiger charge is 2.11. The molecule has 0 aliphatic carbocycles. The van der Waals surface area contributed by atoms with E-state index in [-0.39, 0.29) is 5.82 Å². The van der Waals surface area contributed by atoms with E-state index in [0.29, 0.717) is 0 Å². The van der Waals surface area contributed by atoms with Crippen molar-refractivity contribution in [3.8, 4) is 5.69 Å². The third-order valence-corrected chi connectivity index (χ3v) is 3.58. The number of rotatable bonds is 4. The van der Waals surface area contributed by atoms with Gasteiger partial charge in [0.2, 0.25) is 0 Å². The Labute approximate surface area is 121 Å². The Kier molecular flexibility index (Phi) is 3.51. The number of aryl methyl sites for hydroxylation is 3. The van der Waals surface area contributed by atoms with Crippen LogP contribution in [0.1, 0.15) is 22.8 Å². The number of benzene rings is 1. The molecule has 0 unspecified atom stereocenters. The lowest BCUT2D eigenvalue weighted by molar-refractivity contribution is 0.626. The summed E-state index contributed by atoms with van der Waals surface area (Å²) in [6, 6.07) is 6.41. The fourth-order valence-corrected chi connectivity index (χ4v) is 2.45. The molecule has 21 heavy (non-hydrogen) atoms. The van der Waals surface area contributed by atoms with Crippen LogP contribution in [-0.4, -0.2) is 25.0 Å². The summed E-state index contributed by atoms with van der Waals surface area (Å²) >= 11 is 0. The van der Waals surface area contributed by atoms with Crippen molar-refractivity contribution in [2.75, 3.05) is 0 Å². The molecule has 0 amide bonds. The maximum Gasteiger partial charge on any atom is 0.137 e. The molecule has 0 spiro atoms. The molecule has 5 nitrogen and oxygen atoms in total. The Hall–Kier alpha value is -2.50. The van der Waals surface area contributed by atoms with Gasteiger partial charge in [-0.15, -0.1) is 10.2 Å². The zero-order valence-corrected chi connectivity index (χ0v) is 12.0. The minimum absolute atomic E-state index is 0.270. The number of nitrogens with zero attached hydrogens (tertiary/aromatic N) is 4. The van der Waals surface area contributed by atoms with E-state index in [9.17, 15) is 4.39 Å². The van der Waals surface area contributed by atoms with Crippen LogP contribution in [0.25, 0.3) is 5.69 Å². The van der Waals surface area contributed by atoms with Gasteiger partial charge in [0.15, 0.2) is 0 Å². The predicted octanol–water partition coefficient (Wildman–Crippen LogP) is 2.53. The third kappa shape index (κ3) is 2.69. The summed E-state index contributed by atoms with van der Waals surface area (Å²) < 4.78 is 15.2.